The van der Waals surface area contributed by atoms with Gasteiger partial charge in [0.05, 0.1) is 6.04 Å². The lowest BCUT2D eigenvalue weighted by molar-refractivity contribution is -0.126. The largest absolute Gasteiger partial charge is 0.300 e. The zero-order valence-electron chi connectivity index (χ0n) is 16.4. The number of Topliss-reactive ketones (excluding diaryl/α,β-unsaturated/α-hetero) is 1. The van der Waals surface area contributed by atoms with Crippen LogP contribution in [0.25, 0.3) is 0 Å². The van der Waals surface area contributed by atoms with E-state index in [-0.39, 0.29) is 22.8 Å². The summed E-state index contributed by atoms with van der Waals surface area (Å²) in [6, 6.07) is 6.27. The van der Waals surface area contributed by atoms with Gasteiger partial charge in [-0.1, -0.05) is 38.1 Å². The number of carbonyl (C=O) groups excluding carboxylic acids is 1. The summed E-state index contributed by atoms with van der Waals surface area (Å²) in [4.78, 5) is 17.6. The second-order valence-electron chi connectivity index (χ2n) is 7.64. The predicted molar refractivity (Wildman–Crippen MR) is 112 cm³/mol. The van der Waals surface area contributed by atoms with E-state index < -0.39 is 6.04 Å². The predicted octanol–water partition coefficient (Wildman–Crippen LogP) is 4.12. The van der Waals surface area contributed by atoms with Gasteiger partial charge in [0.15, 0.2) is 5.78 Å². The third-order valence-electron chi connectivity index (χ3n) is 5.82. The first-order valence-corrected chi connectivity index (χ1v) is 10.7. The van der Waals surface area contributed by atoms with Crippen molar-refractivity contribution in [2.75, 3.05) is 32.7 Å². The molecule has 1 heterocycles. The summed E-state index contributed by atoms with van der Waals surface area (Å²) >= 11 is 4.77. The first-order chi connectivity index (χ1) is 13.0. The summed E-state index contributed by atoms with van der Waals surface area (Å²) in [6.07, 6.45) is 5.03. The lowest BCUT2D eigenvalue weighted by Crippen LogP contribution is -2.43. The molecule has 0 amide bonds. The first-order valence-electron chi connectivity index (χ1n) is 10.2. The molecule has 148 valence electrons. The molecule has 1 saturated heterocycles. The number of piperidine rings is 1. The molecule has 1 aliphatic carbocycles. The molecule has 3 rings (SSSR count). The topological polar surface area (TPSA) is 23.6 Å². The Morgan fingerprint density at radius 2 is 2.00 bits per heavy atom. The highest BCUT2D eigenvalue weighted by Gasteiger charge is 2.40. The van der Waals surface area contributed by atoms with E-state index in [4.69, 9.17) is 12.6 Å². The maximum absolute atomic E-state index is 14.5. The Kier molecular flexibility index (Phi) is 7.12. The van der Waals surface area contributed by atoms with Gasteiger partial charge >= 0.3 is 0 Å². The summed E-state index contributed by atoms with van der Waals surface area (Å²) in [6.45, 7) is 8.71. The van der Waals surface area contributed by atoms with Gasteiger partial charge in [0.25, 0.3) is 0 Å². The van der Waals surface area contributed by atoms with Crippen molar-refractivity contribution in [2.24, 2.45) is 5.92 Å². The van der Waals surface area contributed by atoms with Crippen LogP contribution >= 0.6 is 12.6 Å². The van der Waals surface area contributed by atoms with E-state index in [0.717, 1.165) is 45.4 Å². The van der Waals surface area contributed by atoms with Crippen LogP contribution in [0.4, 0.5) is 4.39 Å². The van der Waals surface area contributed by atoms with Gasteiger partial charge in [0.2, 0.25) is 0 Å². The normalized spacial score (nSPS) is 23.7. The molecule has 27 heavy (non-hydrogen) atoms. The molecule has 1 aromatic carbocycles. The molecule has 1 saturated carbocycles. The molecular formula is C22H31FN2OS. The minimum absolute atomic E-state index is 0.103. The van der Waals surface area contributed by atoms with Crippen molar-refractivity contribution in [2.45, 2.75) is 44.4 Å². The van der Waals surface area contributed by atoms with Crippen molar-refractivity contribution in [3.63, 3.8) is 0 Å². The Balaban J connectivity index is 1.83. The van der Waals surface area contributed by atoms with E-state index in [1.54, 1.807) is 12.1 Å². The van der Waals surface area contributed by atoms with Crippen molar-refractivity contribution in [1.29, 1.82) is 0 Å². The van der Waals surface area contributed by atoms with E-state index >= 15 is 0 Å². The number of benzene rings is 1. The highest BCUT2D eigenvalue weighted by molar-refractivity contribution is 7.81. The number of ketones is 1. The average Bonchev–Trinajstić information content (AvgIpc) is 3.51. The number of halogens is 1. The summed E-state index contributed by atoms with van der Waals surface area (Å²) in [5.74, 6) is 0.00501. The Morgan fingerprint density at radius 1 is 1.30 bits per heavy atom. The van der Waals surface area contributed by atoms with Crippen LogP contribution in [0, 0.1) is 11.7 Å². The van der Waals surface area contributed by atoms with Gasteiger partial charge < -0.3 is 4.90 Å². The molecule has 5 heteroatoms. The number of carbonyl (C=O) groups is 1. The lowest BCUT2D eigenvalue weighted by atomic mass is 9.93. The van der Waals surface area contributed by atoms with Crippen molar-refractivity contribution in [3.8, 4) is 0 Å². The minimum atomic E-state index is -0.476. The number of hydrogen-bond acceptors (Lipinski definition) is 4. The fourth-order valence-corrected chi connectivity index (χ4v) is 4.16. The summed E-state index contributed by atoms with van der Waals surface area (Å²) in [5.41, 5.74) is 1.77. The zero-order chi connectivity index (χ0) is 19.4. The molecule has 1 aromatic rings. The standard InChI is InChI=1S/C22H31FN2OS/c1-3-24(4-2)13-11-17-15-25(14-12-20(17)27)21(22(26)16-9-10-16)18-7-5-6-8-19(18)23/h5-8,11,16,20-21,27H,3-4,9-10,12-15H2,1-2H3/b17-11-. The van der Waals surface area contributed by atoms with Gasteiger partial charge in [0.1, 0.15) is 5.82 Å². The fourth-order valence-electron chi connectivity index (χ4n) is 3.86. The quantitative estimate of drug-likeness (QED) is 0.534. The van der Waals surface area contributed by atoms with Crippen LogP contribution < -0.4 is 0 Å². The lowest BCUT2D eigenvalue weighted by Gasteiger charge is -2.38. The van der Waals surface area contributed by atoms with Crippen LogP contribution in [0.15, 0.2) is 35.9 Å². The number of likely N-dealkylation sites (tertiary alicyclic amines) is 1. The van der Waals surface area contributed by atoms with Gasteiger partial charge in [-0.05, 0) is 44.0 Å². The molecule has 0 bridgehead atoms. The van der Waals surface area contributed by atoms with Gasteiger partial charge in [-0.25, -0.2) is 4.39 Å². The number of hydrogen-bond donors (Lipinski definition) is 1. The third kappa shape index (κ3) is 5.01. The molecule has 2 fully saturated rings. The number of thiol groups is 1. The van der Waals surface area contributed by atoms with Crippen molar-refractivity contribution >= 4 is 18.4 Å². The summed E-state index contributed by atoms with van der Waals surface area (Å²) in [7, 11) is 0. The molecule has 0 aromatic heterocycles. The summed E-state index contributed by atoms with van der Waals surface area (Å²) < 4.78 is 14.5. The second-order valence-corrected chi connectivity index (χ2v) is 8.26. The van der Waals surface area contributed by atoms with E-state index in [1.165, 1.54) is 11.6 Å². The Morgan fingerprint density at radius 3 is 2.63 bits per heavy atom. The fraction of sp³-hybridized carbons (Fsp3) is 0.591. The van der Waals surface area contributed by atoms with Gasteiger partial charge in [0, 0.05) is 36.4 Å². The second kappa shape index (κ2) is 9.35. The Hall–Kier alpha value is -1.17. The highest BCUT2D eigenvalue weighted by Crippen LogP contribution is 2.39. The average molecular weight is 391 g/mol. The van der Waals surface area contributed by atoms with Crippen LogP contribution in [-0.4, -0.2) is 53.6 Å². The van der Waals surface area contributed by atoms with Crippen molar-refractivity contribution in [3.05, 3.63) is 47.3 Å². The van der Waals surface area contributed by atoms with Crippen molar-refractivity contribution < 1.29 is 9.18 Å². The molecule has 2 aliphatic rings. The SMILES string of the molecule is CCN(CC)C/C=C1/CN(C(C(=O)C2CC2)c2ccccc2F)CCC1S. The Labute approximate surface area is 168 Å². The molecule has 0 spiro atoms. The number of likely N-dealkylation sites (N-methyl/N-ethyl adjacent to an activating group) is 1. The maximum Gasteiger partial charge on any atom is 0.157 e. The van der Waals surface area contributed by atoms with Crippen molar-refractivity contribution in [1.82, 2.24) is 9.80 Å². The molecule has 1 aliphatic heterocycles. The highest BCUT2D eigenvalue weighted by atomic mass is 32.1. The van der Waals surface area contributed by atoms with Crippen LogP contribution in [0.3, 0.4) is 0 Å². The number of nitrogens with zero attached hydrogens (tertiary/aromatic N) is 2. The van der Waals surface area contributed by atoms with Crippen LogP contribution in [0.5, 0.6) is 0 Å². The van der Waals surface area contributed by atoms with Gasteiger partial charge in [-0.2, -0.15) is 12.6 Å². The maximum atomic E-state index is 14.5. The summed E-state index contributed by atoms with van der Waals surface area (Å²) in [5, 5.41) is 0.217. The minimum Gasteiger partial charge on any atom is -0.300 e. The van der Waals surface area contributed by atoms with Crippen LogP contribution in [0.1, 0.15) is 44.7 Å². The van der Waals surface area contributed by atoms with E-state index in [0.29, 0.717) is 12.1 Å². The monoisotopic (exact) mass is 390 g/mol. The molecule has 0 radical (unpaired) electrons. The molecule has 3 nitrogen and oxygen atoms in total. The van der Waals surface area contributed by atoms with E-state index in [1.807, 2.05) is 6.07 Å². The zero-order valence-corrected chi connectivity index (χ0v) is 17.3. The van der Waals surface area contributed by atoms with Gasteiger partial charge in [-0.15, -0.1) is 0 Å². The first kappa shape index (κ1) is 20.6. The molecule has 0 N–H and O–H groups in total. The molecule has 2 atom stereocenters. The van der Waals surface area contributed by atoms with Crippen LogP contribution in [0.2, 0.25) is 0 Å². The molecular weight excluding hydrogens is 359 g/mol. The van der Waals surface area contributed by atoms with Gasteiger partial charge in [-0.3, -0.25) is 9.69 Å². The smallest absolute Gasteiger partial charge is 0.157 e. The third-order valence-corrected chi connectivity index (χ3v) is 6.41. The van der Waals surface area contributed by atoms with Crippen LogP contribution in [-0.2, 0) is 4.79 Å². The number of rotatable bonds is 8. The Bertz CT molecular complexity index is 685. The van der Waals surface area contributed by atoms with E-state index in [9.17, 15) is 9.18 Å². The van der Waals surface area contributed by atoms with E-state index in [2.05, 4.69) is 29.7 Å². The molecule has 2 unspecified atom stereocenters.